The lowest BCUT2D eigenvalue weighted by molar-refractivity contribution is 0.409. The van der Waals surface area contributed by atoms with Crippen LogP contribution in [-0.2, 0) is 12.8 Å². The van der Waals surface area contributed by atoms with E-state index in [2.05, 4.69) is 22.0 Å². The second kappa shape index (κ2) is 6.49. The molecule has 0 aliphatic heterocycles. The highest BCUT2D eigenvalue weighted by atomic mass is 79.9. The van der Waals surface area contributed by atoms with Crippen molar-refractivity contribution in [1.82, 2.24) is 0 Å². The van der Waals surface area contributed by atoms with E-state index >= 15 is 0 Å². The number of rotatable bonds is 3. The molecule has 1 unspecified atom stereocenters. The van der Waals surface area contributed by atoms with Crippen molar-refractivity contribution in [3.8, 4) is 5.75 Å². The van der Waals surface area contributed by atoms with Crippen molar-refractivity contribution < 1.29 is 9.13 Å². The Morgan fingerprint density at radius 2 is 2.00 bits per heavy atom. The quantitative estimate of drug-likeness (QED) is 0.502. The number of benzene rings is 1. The van der Waals surface area contributed by atoms with Crippen molar-refractivity contribution in [2.75, 3.05) is 7.11 Å². The van der Waals surface area contributed by atoms with Gasteiger partial charge in [0, 0.05) is 15.3 Å². The van der Waals surface area contributed by atoms with Crippen molar-refractivity contribution in [3.05, 3.63) is 51.0 Å². The summed E-state index contributed by atoms with van der Waals surface area (Å²) < 4.78 is 18.9. The van der Waals surface area contributed by atoms with Crippen LogP contribution < -0.4 is 4.74 Å². The maximum atomic E-state index is 13.6. The van der Waals surface area contributed by atoms with E-state index in [-0.39, 0.29) is 10.6 Å². The molecule has 2 aromatic rings. The van der Waals surface area contributed by atoms with E-state index in [1.807, 2.05) is 11.3 Å². The van der Waals surface area contributed by atoms with Crippen LogP contribution in [-0.4, -0.2) is 7.11 Å². The molecule has 1 nitrogen and oxygen atoms in total. The summed E-state index contributed by atoms with van der Waals surface area (Å²) in [7, 11) is 1.63. The Kier molecular flexibility index (Phi) is 4.65. The molecule has 1 aromatic heterocycles. The summed E-state index contributed by atoms with van der Waals surface area (Å²) in [6.45, 7) is 0. The Morgan fingerprint density at radius 3 is 2.81 bits per heavy atom. The standard InChI is InChI=1S/C17H18BrFOS/c1-20-14-8-7-12(19)10-13(14)17(18)16-9-11-5-3-2-4-6-15(11)21-16/h7-10,17H,2-6H2,1H3. The molecule has 112 valence electrons. The van der Waals surface area contributed by atoms with E-state index in [9.17, 15) is 4.39 Å². The molecular weight excluding hydrogens is 351 g/mol. The predicted molar refractivity (Wildman–Crippen MR) is 89.3 cm³/mol. The van der Waals surface area contributed by atoms with Gasteiger partial charge in [0.15, 0.2) is 0 Å². The first kappa shape index (κ1) is 15.0. The Hall–Kier alpha value is -0.870. The van der Waals surface area contributed by atoms with E-state index in [0.29, 0.717) is 0 Å². The average molecular weight is 369 g/mol. The number of ether oxygens (including phenoxy) is 1. The highest BCUT2D eigenvalue weighted by Gasteiger charge is 2.21. The van der Waals surface area contributed by atoms with Crippen molar-refractivity contribution in [1.29, 1.82) is 0 Å². The van der Waals surface area contributed by atoms with Crippen LogP contribution >= 0.6 is 27.3 Å². The van der Waals surface area contributed by atoms with E-state index in [0.717, 1.165) is 11.3 Å². The largest absolute Gasteiger partial charge is 0.496 e. The molecule has 1 aromatic carbocycles. The van der Waals surface area contributed by atoms with Crippen LogP contribution in [0.5, 0.6) is 5.75 Å². The third-order valence-electron chi connectivity index (χ3n) is 3.98. The van der Waals surface area contributed by atoms with Crippen molar-refractivity contribution in [2.24, 2.45) is 0 Å². The summed E-state index contributed by atoms with van der Waals surface area (Å²) in [5, 5.41) is 0. The fourth-order valence-corrected chi connectivity index (χ4v) is 4.90. The molecule has 0 bridgehead atoms. The van der Waals surface area contributed by atoms with Gasteiger partial charge in [-0.25, -0.2) is 4.39 Å². The first-order chi connectivity index (χ1) is 10.2. The molecule has 1 atom stereocenters. The number of alkyl halides is 1. The number of hydrogen-bond donors (Lipinski definition) is 0. The second-order valence-electron chi connectivity index (χ2n) is 5.41. The van der Waals surface area contributed by atoms with Crippen molar-refractivity contribution in [3.63, 3.8) is 0 Å². The molecule has 4 heteroatoms. The third-order valence-corrected chi connectivity index (χ3v) is 6.57. The van der Waals surface area contributed by atoms with Gasteiger partial charge >= 0.3 is 0 Å². The van der Waals surface area contributed by atoms with Crippen LogP contribution in [0.1, 0.15) is 45.0 Å². The van der Waals surface area contributed by atoms with Gasteiger partial charge in [-0.05, 0) is 55.5 Å². The zero-order valence-electron chi connectivity index (χ0n) is 12.0. The molecule has 0 fully saturated rings. The number of aryl methyl sites for hydroxylation is 2. The van der Waals surface area contributed by atoms with Crippen LogP contribution in [0.2, 0.25) is 0 Å². The Balaban J connectivity index is 1.95. The van der Waals surface area contributed by atoms with Gasteiger partial charge in [0.25, 0.3) is 0 Å². The van der Waals surface area contributed by atoms with Crippen LogP contribution in [0.15, 0.2) is 24.3 Å². The van der Waals surface area contributed by atoms with Gasteiger partial charge in [-0.1, -0.05) is 22.4 Å². The minimum absolute atomic E-state index is 0.0138. The molecule has 0 radical (unpaired) electrons. The number of halogens is 2. The first-order valence-corrected chi connectivity index (χ1v) is 9.01. The van der Waals surface area contributed by atoms with Gasteiger partial charge < -0.3 is 4.74 Å². The Morgan fingerprint density at radius 1 is 1.19 bits per heavy atom. The summed E-state index contributed by atoms with van der Waals surface area (Å²) in [4.78, 5) is 2.73. The molecule has 1 heterocycles. The third kappa shape index (κ3) is 3.16. The van der Waals surface area contributed by atoms with E-state index in [1.165, 1.54) is 53.5 Å². The number of fused-ring (bicyclic) bond motifs is 1. The maximum absolute atomic E-state index is 13.6. The summed E-state index contributed by atoms with van der Waals surface area (Å²) in [6, 6.07) is 6.97. The molecule has 1 aliphatic rings. The molecule has 3 rings (SSSR count). The fraction of sp³-hybridized carbons (Fsp3) is 0.412. The normalized spacial score (nSPS) is 16.1. The van der Waals surface area contributed by atoms with Gasteiger partial charge in [-0.3, -0.25) is 0 Å². The summed E-state index contributed by atoms with van der Waals surface area (Å²) in [5.41, 5.74) is 2.33. The lowest BCUT2D eigenvalue weighted by atomic mass is 10.1. The topological polar surface area (TPSA) is 9.23 Å². The highest BCUT2D eigenvalue weighted by molar-refractivity contribution is 9.09. The van der Waals surface area contributed by atoms with Gasteiger partial charge in [-0.2, -0.15) is 0 Å². The average Bonchev–Trinajstić information content (AvgIpc) is 2.77. The Labute approximate surface area is 137 Å². The molecule has 21 heavy (non-hydrogen) atoms. The molecule has 0 spiro atoms. The summed E-state index contributed by atoms with van der Waals surface area (Å²) in [6.07, 6.45) is 6.24. The fourth-order valence-electron chi connectivity index (χ4n) is 2.87. The lowest BCUT2D eigenvalue weighted by Crippen LogP contribution is -1.96. The number of methoxy groups -OCH3 is 1. The minimum atomic E-state index is -0.228. The van der Waals surface area contributed by atoms with Gasteiger partial charge in [-0.15, -0.1) is 11.3 Å². The molecule has 0 amide bonds. The van der Waals surface area contributed by atoms with E-state index < -0.39 is 0 Å². The maximum Gasteiger partial charge on any atom is 0.123 e. The second-order valence-corrected chi connectivity index (χ2v) is 7.49. The van der Waals surface area contributed by atoms with Crippen LogP contribution in [0.3, 0.4) is 0 Å². The van der Waals surface area contributed by atoms with Crippen LogP contribution in [0.25, 0.3) is 0 Å². The Bertz CT molecular complexity index is 614. The highest BCUT2D eigenvalue weighted by Crippen LogP contribution is 2.42. The van der Waals surface area contributed by atoms with Crippen molar-refractivity contribution in [2.45, 2.75) is 36.9 Å². The molecular formula is C17H18BrFOS. The molecule has 0 N–H and O–H groups in total. The van der Waals surface area contributed by atoms with E-state index in [4.69, 9.17) is 4.74 Å². The smallest absolute Gasteiger partial charge is 0.123 e. The molecule has 0 saturated carbocycles. The summed E-state index contributed by atoms with van der Waals surface area (Å²) in [5.74, 6) is 0.496. The van der Waals surface area contributed by atoms with Crippen molar-refractivity contribution >= 4 is 27.3 Å². The van der Waals surface area contributed by atoms with Gasteiger partial charge in [0.2, 0.25) is 0 Å². The molecule has 1 aliphatic carbocycles. The van der Waals surface area contributed by atoms with Gasteiger partial charge in [0.1, 0.15) is 11.6 Å². The monoisotopic (exact) mass is 368 g/mol. The van der Waals surface area contributed by atoms with Crippen LogP contribution in [0, 0.1) is 5.82 Å². The minimum Gasteiger partial charge on any atom is -0.496 e. The van der Waals surface area contributed by atoms with E-state index in [1.54, 1.807) is 19.2 Å². The SMILES string of the molecule is COc1ccc(F)cc1C(Br)c1cc2c(s1)CCCCC2. The zero-order valence-corrected chi connectivity index (χ0v) is 14.4. The van der Waals surface area contributed by atoms with Gasteiger partial charge in [0.05, 0.1) is 11.9 Å². The number of hydrogen-bond acceptors (Lipinski definition) is 2. The summed E-state index contributed by atoms with van der Waals surface area (Å²) >= 11 is 5.58. The number of thiophene rings is 1. The zero-order chi connectivity index (χ0) is 14.8. The lowest BCUT2D eigenvalue weighted by Gasteiger charge is -2.13. The van der Waals surface area contributed by atoms with Crippen LogP contribution in [0.4, 0.5) is 4.39 Å². The predicted octanol–water partition coefficient (Wildman–Crippen LogP) is 5.65. The molecule has 0 saturated heterocycles. The first-order valence-electron chi connectivity index (χ1n) is 7.28.